The number of benzene rings is 1. The first-order valence-corrected chi connectivity index (χ1v) is 13.3. The van der Waals surface area contributed by atoms with Crippen LogP contribution >= 0.6 is 0 Å². The highest BCUT2D eigenvalue weighted by Crippen LogP contribution is 2.43. The summed E-state index contributed by atoms with van der Waals surface area (Å²) in [7, 11) is 1.60. The van der Waals surface area contributed by atoms with Crippen LogP contribution in [0.15, 0.2) is 24.3 Å². The molecular formula is C28H37N3O5. The number of nitrogens with zero attached hydrogens (tertiary/aromatic N) is 1. The normalized spacial score (nSPS) is 27.6. The fraction of sp³-hybridized carbons (Fsp3) is 0.607. The smallest absolute Gasteiger partial charge is 0.271 e. The molecule has 2 aliphatic carbocycles. The van der Waals surface area contributed by atoms with Gasteiger partial charge in [0.05, 0.1) is 19.3 Å². The van der Waals surface area contributed by atoms with E-state index >= 15 is 0 Å². The minimum Gasteiger partial charge on any atom is -0.496 e. The second kappa shape index (κ2) is 10.2. The third-order valence-electron chi connectivity index (χ3n) is 8.62. The average Bonchev–Trinajstić information content (AvgIpc) is 3.58. The first kappa shape index (κ1) is 24.8. The van der Waals surface area contributed by atoms with Gasteiger partial charge in [0, 0.05) is 29.8 Å². The molecule has 3 aliphatic rings. The second-order valence-corrected chi connectivity index (χ2v) is 10.9. The summed E-state index contributed by atoms with van der Waals surface area (Å²) in [5.74, 6) is 0.781. The van der Waals surface area contributed by atoms with Crippen molar-refractivity contribution in [2.45, 2.75) is 76.5 Å². The lowest BCUT2D eigenvalue weighted by atomic mass is 9.82. The molecule has 1 aromatic heterocycles. The Balaban J connectivity index is 1.37. The molecule has 5 rings (SSSR count). The molecule has 0 radical (unpaired) electrons. The van der Waals surface area contributed by atoms with Crippen LogP contribution in [0.1, 0.15) is 68.8 Å². The Bertz CT molecular complexity index is 1140. The molecule has 2 saturated carbocycles. The average molecular weight is 496 g/mol. The molecule has 2 aromatic rings. The Morgan fingerprint density at radius 2 is 2.06 bits per heavy atom. The number of hydrogen-bond donors (Lipinski definition) is 3. The summed E-state index contributed by atoms with van der Waals surface area (Å²) < 4.78 is 5.45. The van der Waals surface area contributed by atoms with Gasteiger partial charge in [-0.05, 0) is 69.1 Å². The Morgan fingerprint density at radius 3 is 2.81 bits per heavy atom. The minimum atomic E-state index is -0.783. The number of carbonyl (C=O) groups is 3. The van der Waals surface area contributed by atoms with Gasteiger partial charge in [-0.1, -0.05) is 18.9 Å². The second-order valence-electron chi connectivity index (χ2n) is 10.9. The molecule has 1 aromatic carbocycles. The maximum atomic E-state index is 13.7. The number of carbonyl (C=O) groups excluding carboxylic acids is 3. The molecule has 0 spiro atoms. The van der Waals surface area contributed by atoms with Gasteiger partial charge in [0.15, 0.2) is 0 Å². The number of methoxy groups -OCH3 is 1. The molecule has 8 nitrogen and oxygen atoms in total. The molecule has 2 heterocycles. The summed E-state index contributed by atoms with van der Waals surface area (Å²) >= 11 is 0. The SMILES string of the molecule is COc1cccc2[nH]c(C(=O)N3C[C@@H]4CCC[C@@H]4[C@H]3C(=O)N[C@@H](C[C@@H]3CCCCC3=O)C(C)O)cc12. The van der Waals surface area contributed by atoms with Crippen LogP contribution in [0.4, 0.5) is 0 Å². The van der Waals surface area contributed by atoms with Crippen molar-refractivity contribution in [1.29, 1.82) is 0 Å². The van der Waals surface area contributed by atoms with Crippen molar-refractivity contribution < 1.29 is 24.2 Å². The first-order chi connectivity index (χ1) is 17.4. The van der Waals surface area contributed by atoms with Crippen LogP contribution in [0.5, 0.6) is 5.75 Å². The number of nitrogens with one attached hydrogen (secondary N) is 2. The van der Waals surface area contributed by atoms with Crippen molar-refractivity contribution in [2.75, 3.05) is 13.7 Å². The van der Waals surface area contributed by atoms with Crippen LogP contribution in [0.2, 0.25) is 0 Å². The van der Waals surface area contributed by atoms with Crippen molar-refractivity contribution in [3.8, 4) is 5.75 Å². The van der Waals surface area contributed by atoms with E-state index in [-0.39, 0.29) is 29.4 Å². The molecular weight excluding hydrogens is 458 g/mol. The first-order valence-electron chi connectivity index (χ1n) is 13.3. The molecule has 1 aliphatic heterocycles. The van der Waals surface area contributed by atoms with E-state index < -0.39 is 18.2 Å². The van der Waals surface area contributed by atoms with Crippen LogP contribution in [-0.2, 0) is 9.59 Å². The largest absolute Gasteiger partial charge is 0.496 e. The van der Waals surface area contributed by atoms with Gasteiger partial charge in [0.2, 0.25) is 5.91 Å². The number of H-pyrrole nitrogens is 1. The van der Waals surface area contributed by atoms with Crippen LogP contribution in [0.3, 0.4) is 0 Å². The number of aromatic amines is 1. The van der Waals surface area contributed by atoms with E-state index in [4.69, 9.17) is 4.74 Å². The van der Waals surface area contributed by atoms with Crippen molar-refractivity contribution in [3.63, 3.8) is 0 Å². The topological polar surface area (TPSA) is 112 Å². The molecule has 1 unspecified atom stereocenters. The highest BCUT2D eigenvalue weighted by Gasteiger charge is 2.50. The highest BCUT2D eigenvalue weighted by molar-refractivity contribution is 6.02. The number of amides is 2. The van der Waals surface area contributed by atoms with E-state index in [1.165, 1.54) is 0 Å². The summed E-state index contributed by atoms with van der Waals surface area (Å²) in [6.45, 7) is 2.21. The van der Waals surface area contributed by atoms with Crippen molar-refractivity contribution in [3.05, 3.63) is 30.0 Å². The van der Waals surface area contributed by atoms with Crippen molar-refractivity contribution in [2.24, 2.45) is 17.8 Å². The van der Waals surface area contributed by atoms with Crippen LogP contribution < -0.4 is 10.1 Å². The third-order valence-corrected chi connectivity index (χ3v) is 8.62. The molecule has 194 valence electrons. The Kier molecular flexibility index (Phi) is 7.06. The van der Waals surface area contributed by atoms with Gasteiger partial charge < -0.3 is 25.0 Å². The summed E-state index contributed by atoms with van der Waals surface area (Å²) in [6, 6.07) is 6.33. The van der Waals surface area contributed by atoms with Gasteiger partial charge in [-0.25, -0.2) is 0 Å². The Hall–Kier alpha value is -2.87. The predicted molar refractivity (Wildman–Crippen MR) is 136 cm³/mol. The lowest BCUT2D eigenvalue weighted by molar-refractivity contribution is -0.129. The van der Waals surface area contributed by atoms with Gasteiger partial charge in [-0.2, -0.15) is 0 Å². The molecule has 2 amide bonds. The summed E-state index contributed by atoms with van der Waals surface area (Å²) in [6.07, 6.45) is 5.94. The fourth-order valence-electron chi connectivity index (χ4n) is 6.68. The number of hydrogen-bond acceptors (Lipinski definition) is 5. The molecule has 1 saturated heterocycles. The molecule has 3 fully saturated rings. The van der Waals surface area contributed by atoms with Gasteiger partial charge in [-0.15, -0.1) is 0 Å². The lowest BCUT2D eigenvalue weighted by Crippen LogP contribution is -2.53. The van der Waals surface area contributed by atoms with E-state index in [0.717, 1.165) is 49.4 Å². The number of rotatable bonds is 7. The van der Waals surface area contributed by atoms with E-state index in [1.807, 2.05) is 18.2 Å². The molecule has 3 N–H and O–H groups in total. The maximum Gasteiger partial charge on any atom is 0.271 e. The number of aromatic nitrogens is 1. The van der Waals surface area contributed by atoms with Gasteiger partial charge in [-0.3, -0.25) is 14.4 Å². The zero-order valence-corrected chi connectivity index (χ0v) is 21.2. The van der Waals surface area contributed by atoms with Crippen LogP contribution in [0, 0.1) is 17.8 Å². The summed E-state index contributed by atoms with van der Waals surface area (Å²) in [4.78, 5) is 44.8. The number of aliphatic hydroxyl groups is 1. The predicted octanol–water partition coefficient (Wildman–Crippen LogP) is 3.43. The molecule has 6 atom stereocenters. The van der Waals surface area contributed by atoms with Crippen LogP contribution in [0.25, 0.3) is 10.9 Å². The number of likely N-dealkylation sites (tertiary alicyclic amines) is 1. The third kappa shape index (κ3) is 4.63. The highest BCUT2D eigenvalue weighted by atomic mass is 16.5. The fourth-order valence-corrected chi connectivity index (χ4v) is 6.68. The standard InChI is InChI=1S/C28H37N3O5/c1-16(32)22(13-17-7-3-4-11-24(17)33)30-27(34)26-19-9-5-8-18(19)15-31(26)28(35)23-14-20-21(29-23)10-6-12-25(20)36-2/h6,10,12,14,16-19,22,26,29,32H,3-5,7-9,11,13,15H2,1-2H3,(H,30,34)/t16?,17-,18-,19-,22-,26-/m0/s1. The molecule has 36 heavy (non-hydrogen) atoms. The zero-order valence-electron chi connectivity index (χ0n) is 21.2. The van der Waals surface area contributed by atoms with Crippen molar-refractivity contribution >= 4 is 28.5 Å². The lowest BCUT2D eigenvalue weighted by Gasteiger charge is -2.32. The van der Waals surface area contributed by atoms with E-state index in [0.29, 0.717) is 36.7 Å². The molecule has 0 bridgehead atoms. The van der Waals surface area contributed by atoms with Gasteiger partial charge in [0.25, 0.3) is 5.91 Å². The maximum absolute atomic E-state index is 13.7. The van der Waals surface area contributed by atoms with Crippen LogP contribution in [-0.4, -0.2) is 64.4 Å². The van der Waals surface area contributed by atoms with E-state index in [2.05, 4.69) is 10.3 Å². The molecule has 8 heteroatoms. The van der Waals surface area contributed by atoms with E-state index in [9.17, 15) is 19.5 Å². The summed E-state index contributed by atoms with van der Waals surface area (Å²) in [5.41, 5.74) is 1.25. The Labute approximate surface area is 211 Å². The van der Waals surface area contributed by atoms with Crippen molar-refractivity contribution in [1.82, 2.24) is 15.2 Å². The number of aliphatic hydroxyl groups excluding tert-OH is 1. The monoisotopic (exact) mass is 495 g/mol. The summed E-state index contributed by atoms with van der Waals surface area (Å²) in [5, 5.41) is 14.4. The van der Waals surface area contributed by atoms with Gasteiger partial charge in [0.1, 0.15) is 23.3 Å². The minimum absolute atomic E-state index is 0.110. The quantitative estimate of drug-likeness (QED) is 0.545. The zero-order chi connectivity index (χ0) is 25.4. The number of ketones is 1. The number of fused-ring (bicyclic) bond motifs is 2. The van der Waals surface area contributed by atoms with Gasteiger partial charge >= 0.3 is 0 Å². The number of Topliss-reactive ketones (excluding diaryl/α,β-unsaturated/α-hetero) is 1. The number of ether oxygens (including phenoxy) is 1. The van der Waals surface area contributed by atoms with E-state index in [1.54, 1.807) is 25.0 Å². The Morgan fingerprint density at radius 1 is 1.22 bits per heavy atom.